The highest BCUT2D eigenvalue weighted by Crippen LogP contribution is 2.32. The Morgan fingerprint density at radius 3 is 2.61 bits per heavy atom. The first-order valence-electron chi connectivity index (χ1n) is 7.80. The number of rotatable bonds is 6. The minimum absolute atomic E-state index is 0.0285. The fourth-order valence-corrected chi connectivity index (χ4v) is 3.52. The maximum Gasteiger partial charge on any atom is 0.306 e. The first kappa shape index (κ1) is 17.9. The predicted molar refractivity (Wildman–Crippen MR) is 91.2 cm³/mol. The molecule has 0 radical (unpaired) electrons. The molecule has 0 atom stereocenters. The second kappa shape index (κ2) is 8.45. The van der Waals surface area contributed by atoms with Crippen LogP contribution in [-0.4, -0.2) is 24.1 Å². The van der Waals surface area contributed by atoms with Gasteiger partial charge in [0.25, 0.3) is 0 Å². The van der Waals surface area contributed by atoms with Crippen LogP contribution in [0.3, 0.4) is 0 Å². The summed E-state index contributed by atoms with van der Waals surface area (Å²) in [5, 5.41) is 12.0. The molecule has 2 N–H and O–H groups in total. The van der Waals surface area contributed by atoms with Crippen LogP contribution in [0.15, 0.2) is 22.7 Å². The van der Waals surface area contributed by atoms with Crippen molar-refractivity contribution in [3.63, 3.8) is 0 Å². The standard InChI is InChI=1S/C17H22BrNO4/c1-23-10-13-14(18)3-2-4-15(13)19-16(20)9-11-5-7-12(8-6-11)17(21)22/h2-4,11-12H,5-10H2,1H3,(H,19,20)(H,21,22). The predicted octanol–water partition coefficient (Wildman–Crippen LogP) is 3.82. The Labute approximate surface area is 144 Å². The van der Waals surface area contributed by atoms with Crippen molar-refractivity contribution in [1.82, 2.24) is 0 Å². The maximum absolute atomic E-state index is 12.3. The molecule has 1 aliphatic carbocycles. The molecule has 5 nitrogen and oxygen atoms in total. The van der Waals surface area contributed by atoms with Gasteiger partial charge in [-0.25, -0.2) is 0 Å². The lowest BCUT2D eigenvalue weighted by Gasteiger charge is -2.25. The maximum atomic E-state index is 12.3. The van der Waals surface area contributed by atoms with Crippen molar-refractivity contribution in [2.45, 2.75) is 38.7 Å². The molecule has 0 spiro atoms. The number of methoxy groups -OCH3 is 1. The van der Waals surface area contributed by atoms with Crippen LogP contribution >= 0.6 is 15.9 Å². The van der Waals surface area contributed by atoms with E-state index in [0.29, 0.717) is 25.9 Å². The number of halogens is 1. The summed E-state index contributed by atoms with van der Waals surface area (Å²) in [7, 11) is 1.62. The Hall–Kier alpha value is -1.40. The summed E-state index contributed by atoms with van der Waals surface area (Å²) in [5.41, 5.74) is 1.67. The highest BCUT2D eigenvalue weighted by atomic mass is 79.9. The number of hydrogen-bond acceptors (Lipinski definition) is 3. The zero-order chi connectivity index (χ0) is 16.8. The van der Waals surface area contributed by atoms with Crippen LogP contribution in [0.4, 0.5) is 5.69 Å². The molecule has 1 aromatic rings. The van der Waals surface area contributed by atoms with Crippen LogP contribution in [-0.2, 0) is 20.9 Å². The molecule has 1 amide bonds. The monoisotopic (exact) mass is 383 g/mol. The molecule has 1 aliphatic rings. The van der Waals surface area contributed by atoms with Crippen molar-refractivity contribution in [3.8, 4) is 0 Å². The van der Waals surface area contributed by atoms with E-state index in [1.54, 1.807) is 7.11 Å². The van der Waals surface area contributed by atoms with E-state index in [4.69, 9.17) is 9.84 Å². The van der Waals surface area contributed by atoms with Crippen molar-refractivity contribution < 1.29 is 19.4 Å². The van der Waals surface area contributed by atoms with Gasteiger partial charge < -0.3 is 15.2 Å². The third-order valence-electron chi connectivity index (χ3n) is 4.35. The molecule has 23 heavy (non-hydrogen) atoms. The van der Waals surface area contributed by atoms with Gasteiger partial charge in [-0.15, -0.1) is 0 Å². The van der Waals surface area contributed by atoms with Crippen LogP contribution in [0, 0.1) is 11.8 Å². The van der Waals surface area contributed by atoms with Crippen molar-refractivity contribution >= 4 is 33.5 Å². The molecule has 6 heteroatoms. The first-order chi connectivity index (χ1) is 11.0. The van der Waals surface area contributed by atoms with Gasteiger partial charge in [0.1, 0.15) is 0 Å². The SMILES string of the molecule is COCc1c(Br)cccc1NC(=O)CC1CCC(C(=O)O)CC1. The third-order valence-corrected chi connectivity index (χ3v) is 5.09. The zero-order valence-electron chi connectivity index (χ0n) is 13.2. The fraction of sp³-hybridized carbons (Fsp3) is 0.529. The number of nitrogens with one attached hydrogen (secondary N) is 1. The molecular weight excluding hydrogens is 362 g/mol. The molecule has 0 aromatic heterocycles. The minimum Gasteiger partial charge on any atom is -0.481 e. The van der Waals surface area contributed by atoms with Gasteiger partial charge in [0.05, 0.1) is 12.5 Å². The van der Waals surface area contributed by atoms with Crippen molar-refractivity contribution in [3.05, 3.63) is 28.2 Å². The van der Waals surface area contributed by atoms with E-state index >= 15 is 0 Å². The number of ether oxygens (including phenoxy) is 1. The van der Waals surface area contributed by atoms with Gasteiger partial charge in [0.15, 0.2) is 0 Å². The fourth-order valence-electron chi connectivity index (χ4n) is 3.04. The Morgan fingerprint density at radius 2 is 2.00 bits per heavy atom. The largest absolute Gasteiger partial charge is 0.481 e. The van der Waals surface area contributed by atoms with Gasteiger partial charge in [-0.1, -0.05) is 22.0 Å². The summed E-state index contributed by atoms with van der Waals surface area (Å²) in [4.78, 5) is 23.2. The number of amides is 1. The normalized spacial score (nSPS) is 21.0. The quantitative estimate of drug-likeness (QED) is 0.782. The summed E-state index contributed by atoms with van der Waals surface area (Å²) >= 11 is 3.47. The molecule has 0 aliphatic heterocycles. The van der Waals surface area contributed by atoms with Gasteiger partial charge >= 0.3 is 5.97 Å². The number of benzene rings is 1. The molecular formula is C17H22BrNO4. The smallest absolute Gasteiger partial charge is 0.306 e. The summed E-state index contributed by atoms with van der Waals surface area (Å²) in [5.74, 6) is -0.721. The minimum atomic E-state index is -0.716. The number of aliphatic carboxylic acids is 1. The number of anilines is 1. The van der Waals surface area contributed by atoms with Crippen LogP contribution in [0.1, 0.15) is 37.7 Å². The molecule has 1 saturated carbocycles. The number of carboxylic acid groups (broad SMARTS) is 1. The molecule has 1 fully saturated rings. The average molecular weight is 384 g/mol. The number of carbonyl (C=O) groups is 2. The highest BCUT2D eigenvalue weighted by Gasteiger charge is 2.27. The van der Waals surface area contributed by atoms with Crippen LogP contribution in [0.25, 0.3) is 0 Å². The van der Waals surface area contributed by atoms with Crippen molar-refractivity contribution in [2.24, 2.45) is 11.8 Å². The van der Waals surface area contributed by atoms with Crippen LogP contribution in [0.5, 0.6) is 0 Å². The van der Waals surface area contributed by atoms with E-state index in [2.05, 4.69) is 21.2 Å². The Bertz CT molecular complexity index is 568. The summed E-state index contributed by atoms with van der Waals surface area (Å²) in [6, 6.07) is 5.65. The summed E-state index contributed by atoms with van der Waals surface area (Å²) in [6.45, 7) is 0.417. The second-order valence-electron chi connectivity index (χ2n) is 6.01. The Morgan fingerprint density at radius 1 is 1.30 bits per heavy atom. The molecule has 0 unspecified atom stereocenters. The molecule has 2 rings (SSSR count). The number of hydrogen-bond donors (Lipinski definition) is 2. The summed E-state index contributed by atoms with van der Waals surface area (Å²) in [6.07, 6.45) is 3.37. The lowest BCUT2D eigenvalue weighted by Crippen LogP contribution is -2.24. The van der Waals surface area contributed by atoms with E-state index in [1.165, 1.54) is 0 Å². The number of carbonyl (C=O) groups excluding carboxylic acids is 1. The van der Waals surface area contributed by atoms with Crippen LogP contribution < -0.4 is 5.32 Å². The van der Waals surface area contributed by atoms with E-state index in [9.17, 15) is 9.59 Å². The molecule has 0 heterocycles. The van der Waals surface area contributed by atoms with Gasteiger partial charge in [-0.3, -0.25) is 9.59 Å². The van der Waals surface area contributed by atoms with Crippen molar-refractivity contribution in [1.29, 1.82) is 0 Å². The van der Waals surface area contributed by atoms with E-state index in [1.807, 2.05) is 18.2 Å². The van der Waals surface area contributed by atoms with Gasteiger partial charge in [-0.05, 0) is 43.7 Å². The topological polar surface area (TPSA) is 75.6 Å². The zero-order valence-corrected chi connectivity index (χ0v) is 14.8. The summed E-state index contributed by atoms with van der Waals surface area (Å²) < 4.78 is 6.08. The van der Waals surface area contributed by atoms with E-state index in [-0.39, 0.29) is 17.7 Å². The average Bonchev–Trinajstić information content (AvgIpc) is 2.51. The molecule has 0 saturated heterocycles. The molecule has 126 valence electrons. The third kappa shape index (κ3) is 5.04. The molecule has 1 aromatic carbocycles. The van der Waals surface area contributed by atoms with Crippen LogP contribution in [0.2, 0.25) is 0 Å². The lowest BCUT2D eigenvalue weighted by atomic mass is 9.80. The number of carboxylic acids is 1. The van der Waals surface area contributed by atoms with Gasteiger partial charge in [-0.2, -0.15) is 0 Å². The second-order valence-corrected chi connectivity index (χ2v) is 6.86. The highest BCUT2D eigenvalue weighted by molar-refractivity contribution is 9.10. The van der Waals surface area contributed by atoms with E-state index < -0.39 is 5.97 Å². The lowest BCUT2D eigenvalue weighted by molar-refractivity contribution is -0.143. The molecule has 0 bridgehead atoms. The first-order valence-corrected chi connectivity index (χ1v) is 8.59. The Kier molecular flexibility index (Phi) is 6.59. The Balaban J connectivity index is 1.91. The van der Waals surface area contributed by atoms with E-state index in [0.717, 1.165) is 28.6 Å². The van der Waals surface area contributed by atoms with Crippen molar-refractivity contribution in [2.75, 3.05) is 12.4 Å². The van der Waals surface area contributed by atoms with Gasteiger partial charge in [0.2, 0.25) is 5.91 Å². The van der Waals surface area contributed by atoms with Gasteiger partial charge in [0, 0.05) is 29.3 Å².